The number of rotatable bonds is 7. The lowest BCUT2D eigenvalue weighted by Crippen LogP contribution is -2.14. The van der Waals surface area contributed by atoms with Crippen LogP contribution in [-0.4, -0.2) is 43.6 Å². The van der Waals surface area contributed by atoms with Crippen LogP contribution in [0, 0.1) is 0 Å². The minimum Gasteiger partial charge on any atom is -0.493 e. The van der Waals surface area contributed by atoms with Gasteiger partial charge in [0.2, 0.25) is 0 Å². The molecular formula is C14H18O5. The molecule has 0 saturated carbocycles. The third-order valence-electron chi connectivity index (χ3n) is 2.88. The quantitative estimate of drug-likeness (QED) is 0.764. The van der Waals surface area contributed by atoms with Crippen LogP contribution >= 0.6 is 0 Å². The van der Waals surface area contributed by atoms with Gasteiger partial charge in [0.05, 0.1) is 31.5 Å². The minimum atomic E-state index is -0.949. The molecule has 1 unspecified atom stereocenters. The second-order valence-electron chi connectivity index (χ2n) is 4.39. The molecule has 1 aliphatic rings. The van der Waals surface area contributed by atoms with Gasteiger partial charge in [0.25, 0.3) is 0 Å². The SMILES string of the molecule is O=C(O)c1cccc(OCCCOC2CCOC2)c1. The van der Waals surface area contributed by atoms with Gasteiger partial charge in [-0.25, -0.2) is 4.79 Å². The standard InChI is InChI=1S/C14H18O5/c15-14(16)11-3-1-4-12(9-11)18-6-2-7-19-13-5-8-17-10-13/h1,3-4,9,13H,2,5-8,10H2,(H,15,16). The van der Waals surface area contributed by atoms with Crippen LogP contribution < -0.4 is 4.74 Å². The number of ether oxygens (including phenoxy) is 3. The summed E-state index contributed by atoms with van der Waals surface area (Å²) in [6.07, 6.45) is 1.95. The van der Waals surface area contributed by atoms with Crippen molar-refractivity contribution in [3.05, 3.63) is 29.8 Å². The number of carboxylic acids is 1. The molecule has 0 bridgehead atoms. The number of carbonyl (C=O) groups is 1. The minimum absolute atomic E-state index is 0.218. The van der Waals surface area contributed by atoms with E-state index in [0.29, 0.717) is 25.6 Å². The van der Waals surface area contributed by atoms with Gasteiger partial charge in [0.1, 0.15) is 5.75 Å². The second-order valence-corrected chi connectivity index (χ2v) is 4.39. The summed E-state index contributed by atoms with van der Waals surface area (Å²) in [7, 11) is 0. The maximum Gasteiger partial charge on any atom is 0.335 e. The normalized spacial score (nSPS) is 18.4. The average Bonchev–Trinajstić information content (AvgIpc) is 2.92. The molecule has 1 heterocycles. The molecule has 5 heteroatoms. The number of aromatic carboxylic acids is 1. The second kappa shape index (κ2) is 7.11. The molecule has 19 heavy (non-hydrogen) atoms. The first-order valence-electron chi connectivity index (χ1n) is 6.41. The van der Waals surface area contributed by atoms with Crippen LogP contribution in [0.2, 0.25) is 0 Å². The Morgan fingerprint density at radius 3 is 3.05 bits per heavy atom. The predicted molar refractivity (Wildman–Crippen MR) is 68.7 cm³/mol. The van der Waals surface area contributed by atoms with Crippen LogP contribution in [0.15, 0.2) is 24.3 Å². The van der Waals surface area contributed by atoms with Crippen LogP contribution in [0.3, 0.4) is 0 Å². The first-order chi connectivity index (χ1) is 9.25. The monoisotopic (exact) mass is 266 g/mol. The number of hydrogen-bond donors (Lipinski definition) is 1. The predicted octanol–water partition coefficient (Wildman–Crippen LogP) is 1.96. The van der Waals surface area contributed by atoms with Gasteiger partial charge in [0.15, 0.2) is 0 Å². The summed E-state index contributed by atoms with van der Waals surface area (Å²) < 4.78 is 16.3. The number of hydrogen-bond acceptors (Lipinski definition) is 4. The van der Waals surface area contributed by atoms with Crippen molar-refractivity contribution in [3.63, 3.8) is 0 Å². The van der Waals surface area contributed by atoms with Crippen molar-refractivity contribution in [2.24, 2.45) is 0 Å². The van der Waals surface area contributed by atoms with Crippen LogP contribution in [0.4, 0.5) is 0 Å². The van der Waals surface area contributed by atoms with E-state index in [1.807, 2.05) is 0 Å². The third-order valence-corrected chi connectivity index (χ3v) is 2.88. The lowest BCUT2D eigenvalue weighted by Gasteiger charge is -2.10. The molecule has 1 atom stereocenters. The zero-order valence-electron chi connectivity index (χ0n) is 10.7. The zero-order valence-corrected chi connectivity index (χ0v) is 10.7. The molecule has 0 spiro atoms. The maximum absolute atomic E-state index is 10.8. The molecule has 104 valence electrons. The molecule has 1 N–H and O–H groups in total. The van der Waals surface area contributed by atoms with E-state index in [0.717, 1.165) is 19.4 Å². The van der Waals surface area contributed by atoms with Gasteiger partial charge < -0.3 is 19.3 Å². The highest BCUT2D eigenvalue weighted by Crippen LogP contribution is 2.14. The molecule has 5 nitrogen and oxygen atoms in total. The zero-order chi connectivity index (χ0) is 13.5. The van der Waals surface area contributed by atoms with E-state index in [1.54, 1.807) is 18.2 Å². The molecule has 1 aromatic carbocycles. The first-order valence-corrected chi connectivity index (χ1v) is 6.41. The Kier molecular flexibility index (Phi) is 5.18. The van der Waals surface area contributed by atoms with Crippen LogP contribution in [-0.2, 0) is 9.47 Å². The molecular weight excluding hydrogens is 248 g/mol. The number of benzene rings is 1. The van der Waals surface area contributed by atoms with Gasteiger partial charge in [-0.05, 0) is 24.6 Å². The van der Waals surface area contributed by atoms with Gasteiger partial charge in [-0.3, -0.25) is 0 Å². The molecule has 2 rings (SSSR count). The molecule has 1 saturated heterocycles. The van der Waals surface area contributed by atoms with Crippen molar-refractivity contribution in [1.29, 1.82) is 0 Å². The molecule has 0 amide bonds. The van der Waals surface area contributed by atoms with E-state index >= 15 is 0 Å². The molecule has 1 aromatic rings. The van der Waals surface area contributed by atoms with Gasteiger partial charge in [-0.2, -0.15) is 0 Å². The lowest BCUT2D eigenvalue weighted by atomic mass is 10.2. The fourth-order valence-corrected chi connectivity index (χ4v) is 1.86. The van der Waals surface area contributed by atoms with Crippen molar-refractivity contribution in [2.45, 2.75) is 18.9 Å². The van der Waals surface area contributed by atoms with Crippen LogP contribution in [0.25, 0.3) is 0 Å². The Hall–Kier alpha value is -1.59. The van der Waals surface area contributed by atoms with E-state index in [2.05, 4.69) is 0 Å². The largest absolute Gasteiger partial charge is 0.493 e. The van der Waals surface area contributed by atoms with Crippen LogP contribution in [0.5, 0.6) is 5.75 Å². The third kappa shape index (κ3) is 4.54. The smallest absolute Gasteiger partial charge is 0.335 e. The van der Waals surface area contributed by atoms with Gasteiger partial charge in [0, 0.05) is 13.0 Å². The average molecular weight is 266 g/mol. The van der Waals surface area contributed by atoms with Crippen molar-refractivity contribution in [3.8, 4) is 5.75 Å². The van der Waals surface area contributed by atoms with E-state index in [-0.39, 0.29) is 11.7 Å². The molecule has 0 radical (unpaired) electrons. The highest BCUT2D eigenvalue weighted by Gasteiger charge is 2.15. The van der Waals surface area contributed by atoms with Crippen molar-refractivity contribution in [2.75, 3.05) is 26.4 Å². The maximum atomic E-state index is 10.8. The topological polar surface area (TPSA) is 65.0 Å². The lowest BCUT2D eigenvalue weighted by molar-refractivity contribution is 0.0366. The number of carboxylic acid groups (broad SMARTS) is 1. The van der Waals surface area contributed by atoms with E-state index in [1.165, 1.54) is 6.07 Å². The Labute approximate surface area is 112 Å². The summed E-state index contributed by atoms with van der Waals surface area (Å²) in [5.41, 5.74) is 0.233. The molecule has 0 aromatic heterocycles. The summed E-state index contributed by atoms with van der Waals surface area (Å²) in [6.45, 7) is 2.61. The van der Waals surface area contributed by atoms with Crippen molar-refractivity contribution >= 4 is 5.97 Å². The highest BCUT2D eigenvalue weighted by molar-refractivity contribution is 5.87. The summed E-state index contributed by atoms with van der Waals surface area (Å²) in [5.74, 6) is -0.376. The van der Waals surface area contributed by atoms with Crippen LogP contribution in [0.1, 0.15) is 23.2 Å². The Balaban J connectivity index is 1.64. The first kappa shape index (κ1) is 13.8. The summed E-state index contributed by atoms with van der Waals surface area (Å²) in [4.78, 5) is 10.8. The van der Waals surface area contributed by atoms with Gasteiger partial charge in [-0.1, -0.05) is 6.07 Å². The van der Waals surface area contributed by atoms with E-state index in [9.17, 15) is 4.79 Å². The summed E-state index contributed by atoms with van der Waals surface area (Å²) in [6, 6.07) is 6.48. The fourth-order valence-electron chi connectivity index (χ4n) is 1.86. The molecule has 1 aliphatic heterocycles. The van der Waals surface area contributed by atoms with E-state index < -0.39 is 5.97 Å². The summed E-state index contributed by atoms with van der Waals surface area (Å²) in [5, 5.41) is 8.85. The Morgan fingerprint density at radius 2 is 2.32 bits per heavy atom. The van der Waals surface area contributed by atoms with Crippen molar-refractivity contribution < 1.29 is 24.1 Å². The van der Waals surface area contributed by atoms with Gasteiger partial charge in [-0.15, -0.1) is 0 Å². The summed E-state index contributed by atoms with van der Waals surface area (Å²) >= 11 is 0. The van der Waals surface area contributed by atoms with Crippen molar-refractivity contribution in [1.82, 2.24) is 0 Å². The van der Waals surface area contributed by atoms with Gasteiger partial charge >= 0.3 is 5.97 Å². The highest BCUT2D eigenvalue weighted by atomic mass is 16.5. The molecule has 1 fully saturated rings. The molecule has 0 aliphatic carbocycles. The van der Waals surface area contributed by atoms with E-state index in [4.69, 9.17) is 19.3 Å². The Bertz CT molecular complexity index is 412. The fraction of sp³-hybridized carbons (Fsp3) is 0.500. The Morgan fingerprint density at radius 1 is 1.42 bits per heavy atom.